The zero-order chi connectivity index (χ0) is 16.6. The van der Waals surface area contributed by atoms with Gasteiger partial charge in [-0.1, -0.05) is 12.0 Å². The number of carbonyl (C=O) groups excluding carboxylic acids is 2. The third-order valence-corrected chi connectivity index (χ3v) is 3.99. The summed E-state index contributed by atoms with van der Waals surface area (Å²) in [6, 6.07) is 7.37. The number of nitrogens with zero attached hydrogens (tertiary/aromatic N) is 3. The molecule has 3 rings (SSSR count). The summed E-state index contributed by atoms with van der Waals surface area (Å²) in [5.41, 5.74) is 8.78. The van der Waals surface area contributed by atoms with Crippen LogP contribution in [-0.2, 0) is 17.8 Å². The number of primary amides is 1. The van der Waals surface area contributed by atoms with Crippen molar-refractivity contribution in [3.63, 3.8) is 0 Å². The maximum atomic E-state index is 11.7. The van der Waals surface area contributed by atoms with E-state index in [4.69, 9.17) is 12.2 Å². The van der Waals surface area contributed by atoms with Gasteiger partial charge in [0, 0.05) is 37.6 Å². The zero-order valence-corrected chi connectivity index (χ0v) is 12.7. The van der Waals surface area contributed by atoms with Gasteiger partial charge in [0.1, 0.15) is 0 Å². The highest BCUT2D eigenvalue weighted by Gasteiger charge is 2.28. The first kappa shape index (κ1) is 14.9. The van der Waals surface area contributed by atoms with E-state index in [0.29, 0.717) is 25.1 Å². The largest absolute Gasteiger partial charge is 0.364 e. The highest BCUT2D eigenvalue weighted by atomic mass is 16.2. The zero-order valence-electron chi connectivity index (χ0n) is 12.7. The van der Waals surface area contributed by atoms with Crippen molar-refractivity contribution in [2.45, 2.75) is 19.9 Å². The standard InChI is InChI=1S/C17H16N4O2/c1-3-12-5-4-6-13(9-12)21-15-7-8-20(11(2)22)10-14(15)16(19-21)17(18)23/h1,4-6,9H,7-8,10H2,2H3,(H2,18,23). The molecule has 6 heteroatoms. The smallest absolute Gasteiger partial charge is 0.269 e. The van der Waals surface area contributed by atoms with E-state index >= 15 is 0 Å². The van der Waals surface area contributed by atoms with E-state index in [1.165, 1.54) is 6.92 Å². The van der Waals surface area contributed by atoms with Gasteiger partial charge >= 0.3 is 0 Å². The molecule has 0 aliphatic carbocycles. The number of aromatic nitrogens is 2. The molecule has 23 heavy (non-hydrogen) atoms. The number of benzene rings is 1. The van der Waals surface area contributed by atoms with Gasteiger partial charge in [0.2, 0.25) is 5.91 Å². The van der Waals surface area contributed by atoms with Crippen molar-refractivity contribution in [3.8, 4) is 18.0 Å². The van der Waals surface area contributed by atoms with E-state index in [2.05, 4.69) is 11.0 Å². The van der Waals surface area contributed by atoms with E-state index < -0.39 is 5.91 Å². The number of terminal acetylenes is 1. The molecule has 1 aromatic carbocycles. The number of nitrogens with two attached hydrogens (primary N) is 1. The number of hydrogen-bond donors (Lipinski definition) is 1. The fourth-order valence-corrected chi connectivity index (χ4v) is 2.83. The molecule has 0 spiro atoms. The monoisotopic (exact) mass is 308 g/mol. The Balaban J connectivity index is 2.13. The Kier molecular flexibility index (Phi) is 3.62. The maximum absolute atomic E-state index is 11.7. The van der Waals surface area contributed by atoms with Crippen LogP contribution < -0.4 is 5.73 Å². The van der Waals surface area contributed by atoms with E-state index in [1.54, 1.807) is 9.58 Å². The molecular formula is C17H16N4O2. The van der Waals surface area contributed by atoms with Crippen LogP contribution in [0.15, 0.2) is 24.3 Å². The third-order valence-electron chi connectivity index (χ3n) is 3.99. The van der Waals surface area contributed by atoms with Crippen LogP contribution in [0, 0.1) is 12.3 Å². The molecule has 0 saturated heterocycles. The predicted octanol–water partition coefficient (Wildman–Crippen LogP) is 0.857. The molecule has 2 aromatic rings. The van der Waals surface area contributed by atoms with Gasteiger partial charge in [-0.25, -0.2) is 4.68 Å². The molecule has 6 nitrogen and oxygen atoms in total. The van der Waals surface area contributed by atoms with Crippen molar-refractivity contribution in [1.29, 1.82) is 0 Å². The Morgan fingerprint density at radius 3 is 2.83 bits per heavy atom. The highest BCUT2D eigenvalue weighted by Crippen LogP contribution is 2.25. The fraction of sp³-hybridized carbons (Fsp3) is 0.235. The number of amides is 2. The van der Waals surface area contributed by atoms with Gasteiger partial charge in [0.15, 0.2) is 5.69 Å². The Morgan fingerprint density at radius 1 is 1.39 bits per heavy atom. The van der Waals surface area contributed by atoms with Crippen molar-refractivity contribution in [2.75, 3.05) is 6.54 Å². The van der Waals surface area contributed by atoms with Gasteiger partial charge in [-0.2, -0.15) is 5.10 Å². The van der Waals surface area contributed by atoms with Crippen molar-refractivity contribution in [1.82, 2.24) is 14.7 Å². The molecule has 2 amide bonds. The minimum atomic E-state index is -0.599. The summed E-state index contributed by atoms with van der Waals surface area (Å²) in [5, 5.41) is 4.37. The highest BCUT2D eigenvalue weighted by molar-refractivity contribution is 5.93. The van der Waals surface area contributed by atoms with Gasteiger partial charge in [0.05, 0.1) is 11.4 Å². The summed E-state index contributed by atoms with van der Waals surface area (Å²) >= 11 is 0. The summed E-state index contributed by atoms with van der Waals surface area (Å²) in [7, 11) is 0. The molecule has 1 aliphatic rings. The topological polar surface area (TPSA) is 81.2 Å². The van der Waals surface area contributed by atoms with Gasteiger partial charge in [0.25, 0.3) is 5.91 Å². The van der Waals surface area contributed by atoms with E-state index in [9.17, 15) is 9.59 Å². The maximum Gasteiger partial charge on any atom is 0.269 e. The summed E-state index contributed by atoms with van der Waals surface area (Å²) < 4.78 is 1.70. The molecule has 0 saturated carbocycles. The van der Waals surface area contributed by atoms with Crippen molar-refractivity contribution in [2.24, 2.45) is 5.73 Å². The molecular weight excluding hydrogens is 292 g/mol. The second kappa shape index (κ2) is 5.61. The first-order valence-electron chi connectivity index (χ1n) is 7.24. The summed E-state index contributed by atoms with van der Waals surface area (Å²) in [5.74, 6) is 1.95. The van der Waals surface area contributed by atoms with E-state index in [1.807, 2.05) is 24.3 Å². The average molecular weight is 308 g/mol. The Hall–Kier alpha value is -3.07. The number of fused-ring (bicyclic) bond motifs is 1. The van der Waals surface area contributed by atoms with Gasteiger partial charge in [-0.15, -0.1) is 6.42 Å². The lowest BCUT2D eigenvalue weighted by molar-refractivity contribution is -0.129. The van der Waals surface area contributed by atoms with Crippen LogP contribution in [-0.4, -0.2) is 33.0 Å². The second-order valence-corrected chi connectivity index (χ2v) is 5.44. The molecule has 2 N–H and O–H groups in total. The SMILES string of the molecule is C#Cc1cccc(-n2nc(C(N)=O)c3c2CCN(C(C)=O)C3)c1. The lowest BCUT2D eigenvalue weighted by Crippen LogP contribution is -2.35. The molecule has 0 fully saturated rings. The van der Waals surface area contributed by atoms with Gasteiger partial charge in [-0.3, -0.25) is 9.59 Å². The van der Waals surface area contributed by atoms with Crippen LogP contribution in [0.25, 0.3) is 5.69 Å². The van der Waals surface area contributed by atoms with E-state index in [0.717, 1.165) is 16.9 Å². The van der Waals surface area contributed by atoms with Gasteiger partial charge < -0.3 is 10.6 Å². The van der Waals surface area contributed by atoms with Gasteiger partial charge in [-0.05, 0) is 18.2 Å². The normalized spacial score (nSPS) is 13.3. The lowest BCUT2D eigenvalue weighted by Gasteiger charge is -2.26. The second-order valence-electron chi connectivity index (χ2n) is 5.44. The van der Waals surface area contributed by atoms with E-state index in [-0.39, 0.29) is 11.6 Å². The fourth-order valence-electron chi connectivity index (χ4n) is 2.83. The summed E-state index contributed by atoms with van der Waals surface area (Å²) in [4.78, 5) is 25.0. The molecule has 0 bridgehead atoms. The van der Waals surface area contributed by atoms with Crippen LogP contribution in [0.1, 0.15) is 34.2 Å². The van der Waals surface area contributed by atoms with Crippen LogP contribution in [0.5, 0.6) is 0 Å². The summed E-state index contributed by atoms with van der Waals surface area (Å²) in [6.45, 7) is 2.44. The molecule has 1 aromatic heterocycles. The van der Waals surface area contributed by atoms with Crippen molar-refractivity contribution in [3.05, 3.63) is 46.8 Å². The molecule has 0 radical (unpaired) electrons. The van der Waals surface area contributed by atoms with Crippen LogP contribution in [0.2, 0.25) is 0 Å². The lowest BCUT2D eigenvalue weighted by atomic mass is 10.0. The number of carbonyl (C=O) groups is 2. The number of rotatable bonds is 2. The van der Waals surface area contributed by atoms with Crippen molar-refractivity contribution >= 4 is 11.8 Å². The molecule has 2 heterocycles. The predicted molar refractivity (Wildman–Crippen MR) is 84.8 cm³/mol. The third kappa shape index (κ3) is 2.57. The molecule has 1 aliphatic heterocycles. The number of hydrogen-bond acceptors (Lipinski definition) is 3. The van der Waals surface area contributed by atoms with Crippen LogP contribution in [0.3, 0.4) is 0 Å². The molecule has 0 atom stereocenters. The van der Waals surface area contributed by atoms with Crippen LogP contribution >= 0.6 is 0 Å². The van der Waals surface area contributed by atoms with Crippen LogP contribution in [0.4, 0.5) is 0 Å². The minimum absolute atomic E-state index is 0.0341. The summed E-state index contributed by atoms with van der Waals surface area (Å²) in [6.07, 6.45) is 6.05. The molecule has 116 valence electrons. The van der Waals surface area contributed by atoms with Crippen molar-refractivity contribution < 1.29 is 9.59 Å². The quantitative estimate of drug-likeness (QED) is 0.835. The first-order chi connectivity index (χ1) is 11.0. The minimum Gasteiger partial charge on any atom is -0.364 e. The Bertz CT molecular complexity index is 845. The first-order valence-corrected chi connectivity index (χ1v) is 7.24. The average Bonchev–Trinajstić information content (AvgIpc) is 2.93. The Morgan fingerprint density at radius 2 is 2.17 bits per heavy atom. The molecule has 0 unspecified atom stereocenters. The Labute approximate surface area is 133 Å².